The van der Waals surface area contributed by atoms with E-state index in [0.29, 0.717) is 25.7 Å². The maximum absolute atomic E-state index is 13.2. The van der Waals surface area contributed by atoms with Gasteiger partial charge in [-0.05, 0) is 30.5 Å². The number of methoxy groups -OCH3 is 1. The number of rotatable bonds is 5. The summed E-state index contributed by atoms with van der Waals surface area (Å²) in [6.45, 7) is 2.66. The molecule has 1 amide bonds. The molecular formula is C20H30N2O3. The molecule has 0 bridgehead atoms. The third-order valence-electron chi connectivity index (χ3n) is 5.24. The molecule has 1 aliphatic carbocycles. The van der Waals surface area contributed by atoms with Gasteiger partial charge in [0, 0.05) is 25.7 Å². The molecule has 138 valence electrons. The summed E-state index contributed by atoms with van der Waals surface area (Å²) < 4.78 is 11.1. The monoisotopic (exact) mass is 346 g/mol. The van der Waals surface area contributed by atoms with Gasteiger partial charge >= 0.3 is 0 Å². The van der Waals surface area contributed by atoms with E-state index < -0.39 is 0 Å². The van der Waals surface area contributed by atoms with Gasteiger partial charge in [0.25, 0.3) is 5.91 Å². The van der Waals surface area contributed by atoms with Crippen LogP contribution in [0, 0.1) is 0 Å². The molecule has 1 aliphatic heterocycles. The number of hydrogen-bond donors (Lipinski definition) is 1. The number of hydrogen-bond acceptors (Lipinski definition) is 4. The number of amides is 1. The van der Waals surface area contributed by atoms with Gasteiger partial charge in [-0.2, -0.15) is 0 Å². The molecule has 2 fully saturated rings. The van der Waals surface area contributed by atoms with Crippen LogP contribution in [-0.4, -0.2) is 49.8 Å². The first kappa shape index (κ1) is 18.2. The summed E-state index contributed by atoms with van der Waals surface area (Å²) >= 11 is 0. The summed E-state index contributed by atoms with van der Waals surface area (Å²) in [7, 11) is 1.68. The molecule has 25 heavy (non-hydrogen) atoms. The van der Waals surface area contributed by atoms with Crippen LogP contribution >= 0.6 is 0 Å². The molecule has 0 aromatic heterocycles. The lowest BCUT2D eigenvalue weighted by Crippen LogP contribution is -2.52. The highest BCUT2D eigenvalue weighted by Gasteiger charge is 2.31. The lowest BCUT2D eigenvalue weighted by atomic mass is 10.0. The predicted molar refractivity (Wildman–Crippen MR) is 97.6 cm³/mol. The molecule has 2 aliphatic rings. The second kappa shape index (κ2) is 9.20. The van der Waals surface area contributed by atoms with E-state index in [1.165, 1.54) is 25.7 Å². The summed E-state index contributed by atoms with van der Waals surface area (Å²) in [5, 5.41) is 3.28. The standard InChI is InChI=1S/C20H30N2O3/c1-24-18-10-6-7-16(13-18)15-22(17-8-4-2-3-5-9-17)20(23)19-14-21-11-12-25-19/h6-7,10,13,17,19,21H,2-5,8-9,11-12,14-15H2,1H3. The lowest BCUT2D eigenvalue weighted by molar-refractivity contribution is -0.148. The third-order valence-corrected chi connectivity index (χ3v) is 5.24. The minimum absolute atomic E-state index is 0.127. The largest absolute Gasteiger partial charge is 0.497 e. The maximum Gasteiger partial charge on any atom is 0.253 e. The van der Waals surface area contributed by atoms with E-state index in [4.69, 9.17) is 9.47 Å². The highest BCUT2D eigenvalue weighted by Crippen LogP contribution is 2.25. The van der Waals surface area contributed by atoms with Gasteiger partial charge in [-0.15, -0.1) is 0 Å². The molecule has 3 rings (SSSR count). The van der Waals surface area contributed by atoms with Gasteiger partial charge in [0.15, 0.2) is 0 Å². The van der Waals surface area contributed by atoms with Gasteiger partial charge in [0.1, 0.15) is 11.9 Å². The summed E-state index contributed by atoms with van der Waals surface area (Å²) in [4.78, 5) is 15.3. The van der Waals surface area contributed by atoms with Crippen molar-refractivity contribution in [3.63, 3.8) is 0 Å². The van der Waals surface area contributed by atoms with Crippen molar-refractivity contribution < 1.29 is 14.3 Å². The maximum atomic E-state index is 13.2. The van der Waals surface area contributed by atoms with E-state index in [2.05, 4.69) is 16.3 Å². The van der Waals surface area contributed by atoms with Crippen LogP contribution in [0.25, 0.3) is 0 Å². The number of benzene rings is 1. The van der Waals surface area contributed by atoms with E-state index in [9.17, 15) is 4.79 Å². The van der Waals surface area contributed by atoms with Crippen LogP contribution in [-0.2, 0) is 16.1 Å². The summed E-state index contributed by atoms with van der Waals surface area (Å²) in [6, 6.07) is 8.33. The Hall–Kier alpha value is -1.59. The van der Waals surface area contributed by atoms with Crippen LogP contribution in [0.4, 0.5) is 0 Å². The van der Waals surface area contributed by atoms with Crippen molar-refractivity contribution in [1.82, 2.24) is 10.2 Å². The second-order valence-corrected chi connectivity index (χ2v) is 7.03. The fraction of sp³-hybridized carbons (Fsp3) is 0.650. The Bertz CT molecular complexity index is 550. The average molecular weight is 346 g/mol. The van der Waals surface area contributed by atoms with Crippen LogP contribution in [0.3, 0.4) is 0 Å². The van der Waals surface area contributed by atoms with Crippen molar-refractivity contribution >= 4 is 5.91 Å². The van der Waals surface area contributed by atoms with Gasteiger partial charge in [0.2, 0.25) is 0 Å². The van der Waals surface area contributed by atoms with Gasteiger partial charge < -0.3 is 19.7 Å². The van der Waals surface area contributed by atoms with E-state index in [-0.39, 0.29) is 12.0 Å². The highest BCUT2D eigenvalue weighted by molar-refractivity contribution is 5.81. The smallest absolute Gasteiger partial charge is 0.253 e. The van der Waals surface area contributed by atoms with Crippen LogP contribution in [0.15, 0.2) is 24.3 Å². The lowest BCUT2D eigenvalue weighted by Gasteiger charge is -2.35. The number of nitrogens with zero attached hydrogens (tertiary/aromatic N) is 1. The molecule has 0 radical (unpaired) electrons. The first-order valence-electron chi connectivity index (χ1n) is 9.53. The predicted octanol–water partition coefficient (Wildman–Crippen LogP) is 2.74. The molecule has 1 aromatic carbocycles. The van der Waals surface area contributed by atoms with Crippen LogP contribution in [0.1, 0.15) is 44.1 Å². The van der Waals surface area contributed by atoms with Crippen molar-refractivity contribution in [3.8, 4) is 5.75 Å². The number of morpholine rings is 1. The topological polar surface area (TPSA) is 50.8 Å². The Kier molecular flexibility index (Phi) is 6.70. The number of carbonyl (C=O) groups is 1. The average Bonchev–Trinajstić information content (AvgIpc) is 2.96. The fourth-order valence-electron chi connectivity index (χ4n) is 3.83. The van der Waals surface area contributed by atoms with Crippen molar-refractivity contribution in [1.29, 1.82) is 0 Å². The van der Waals surface area contributed by atoms with Crippen molar-refractivity contribution in [3.05, 3.63) is 29.8 Å². The number of carbonyl (C=O) groups excluding carboxylic acids is 1. The van der Waals surface area contributed by atoms with Crippen molar-refractivity contribution in [2.75, 3.05) is 26.8 Å². The van der Waals surface area contributed by atoms with Gasteiger partial charge in [-0.25, -0.2) is 0 Å². The van der Waals surface area contributed by atoms with E-state index in [1.807, 2.05) is 18.2 Å². The quantitative estimate of drug-likeness (QED) is 0.833. The Morgan fingerprint density at radius 2 is 2.08 bits per heavy atom. The first-order valence-corrected chi connectivity index (χ1v) is 9.53. The molecule has 0 spiro atoms. The van der Waals surface area contributed by atoms with Crippen LogP contribution in [0.5, 0.6) is 5.75 Å². The zero-order valence-electron chi connectivity index (χ0n) is 15.2. The Balaban J connectivity index is 1.78. The van der Waals surface area contributed by atoms with E-state index in [1.54, 1.807) is 7.11 Å². The van der Waals surface area contributed by atoms with E-state index >= 15 is 0 Å². The van der Waals surface area contributed by atoms with Gasteiger partial charge in [-0.3, -0.25) is 4.79 Å². The number of nitrogens with one attached hydrogen (secondary N) is 1. The number of ether oxygens (including phenoxy) is 2. The van der Waals surface area contributed by atoms with Crippen LogP contribution in [0.2, 0.25) is 0 Å². The minimum Gasteiger partial charge on any atom is -0.497 e. The molecule has 1 saturated heterocycles. The van der Waals surface area contributed by atoms with Crippen molar-refractivity contribution in [2.45, 2.75) is 57.2 Å². The fourth-order valence-corrected chi connectivity index (χ4v) is 3.83. The summed E-state index contributed by atoms with van der Waals surface area (Å²) in [5.41, 5.74) is 1.11. The van der Waals surface area contributed by atoms with Gasteiger partial charge in [-0.1, -0.05) is 37.8 Å². The van der Waals surface area contributed by atoms with Crippen molar-refractivity contribution in [2.24, 2.45) is 0 Å². The minimum atomic E-state index is -0.359. The summed E-state index contributed by atoms with van der Waals surface area (Å²) in [5.74, 6) is 0.961. The Morgan fingerprint density at radius 1 is 1.28 bits per heavy atom. The van der Waals surface area contributed by atoms with Crippen LogP contribution < -0.4 is 10.1 Å². The Morgan fingerprint density at radius 3 is 2.76 bits per heavy atom. The molecule has 1 heterocycles. The normalized spacial score (nSPS) is 22.2. The zero-order valence-corrected chi connectivity index (χ0v) is 15.2. The molecular weight excluding hydrogens is 316 g/mol. The first-order chi connectivity index (χ1) is 12.3. The van der Waals surface area contributed by atoms with Gasteiger partial charge in [0.05, 0.1) is 13.7 Å². The third kappa shape index (κ3) is 4.95. The molecule has 5 heteroatoms. The molecule has 5 nitrogen and oxygen atoms in total. The SMILES string of the molecule is COc1cccc(CN(C(=O)C2CNCCO2)C2CCCCCC2)c1. The summed E-state index contributed by atoms with van der Waals surface area (Å²) in [6.07, 6.45) is 6.79. The molecule has 1 atom stereocenters. The second-order valence-electron chi connectivity index (χ2n) is 7.03. The Labute approximate surface area is 150 Å². The molecule has 1 saturated carbocycles. The molecule has 1 aromatic rings. The molecule has 1 N–H and O–H groups in total. The van der Waals surface area contributed by atoms with E-state index in [0.717, 1.165) is 30.7 Å². The highest BCUT2D eigenvalue weighted by atomic mass is 16.5. The zero-order chi connectivity index (χ0) is 17.5. The molecule has 1 unspecified atom stereocenters.